The second-order valence-corrected chi connectivity index (χ2v) is 29.9. The van der Waals surface area contributed by atoms with E-state index in [-0.39, 0.29) is 22.3 Å². The SMILES string of the molecule is C=C[SiH](C=C)C(CC(C(CC(OC(=O)OOC(=O)c1ccc(C)cc1)[SiH](C=C)C=C)C(OC(=O)OOC(=O)c1ccc(C)cc1)[SiH](C=C)C=C)C(OC(=O)OOC(=O)c1ccc(C)cc1)[SiH](C=C)C=C)OC(=O)OOC(=O)c1ccc(C)cc1. The van der Waals surface area contributed by atoms with E-state index in [2.05, 4.69) is 52.6 Å². The molecule has 0 saturated heterocycles. The van der Waals surface area contributed by atoms with E-state index in [4.69, 9.17) is 58.0 Å². The fourth-order valence-electron chi connectivity index (χ4n) is 8.43. The molecule has 0 bridgehead atoms. The molecule has 0 fully saturated rings. The number of rotatable bonds is 27. The van der Waals surface area contributed by atoms with E-state index in [9.17, 15) is 38.4 Å². The number of aryl methyl sites for hydroxylation is 4. The molecule has 442 valence electrons. The van der Waals surface area contributed by atoms with Gasteiger partial charge in [-0.25, -0.2) is 58.3 Å². The summed E-state index contributed by atoms with van der Waals surface area (Å²) < 4.78 is 24.3. The fourth-order valence-corrected chi connectivity index (χ4v) is 15.8. The molecule has 0 spiro atoms. The predicted molar refractivity (Wildman–Crippen MR) is 318 cm³/mol. The lowest BCUT2D eigenvalue weighted by Crippen LogP contribution is -2.53. The molecule has 0 aliphatic carbocycles. The van der Waals surface area contributed by atoms with Crippen LogP contribution in [0.4, 0.5) is 19.2 Å². The number of hydrogen-bond donors (Lipinski definition) is 0. The molecular formula is C60H66O20Si4. The summed E-state index contributed by atoms with van der Waals surface area (Å²) in [5.41, 5.74) is 9.35. The molecule has 0 saturated carbocycles. The maximum Gasteiger partial charge on any atom is 0.549 e. The van der Waals surface area contributed by atoms with Crippen molar-refractivity contribution < 1.29 is 96.4 Å². The second kappa shape index (κ2) is 34.2. The largest absolute Gasteiger partial charge is 0.549 e. The smallest absolute Gasteiger partial charge is 0.432 e. The molecule has 0 aromatic heterocycles. The number of ether oxygens (including phenoxy) is 4. The molecule has 84 heavy (non-hydrogen) atoms. The van der Waals surface area contributed by atoms with E-state index >= 15 is 0 Å². The van der Waals surface area contributed by atoms with Crippen LogP contribution in [0.2, 0.25) is 0 Å². The van der Waals surface area contributed by atoms with Gasteiger partial charge in [-0.2, -0.15) is 19.2 Å². The Labute approximate surface area is 493 Å². The van der Waals surface area contributed by atoms with Crippen molar-refractivity contribution in [1.82, 2.24) is 0 Å². The van der Waals surface area contributed by atoms with Crippen molar-refractivity contribution in [3.63, 3.8) is 0 Å². The van der Waals surface area contributed by atoms with Gasteiger partial charge >= 0.3 is 48.5 Å². The molecule has 6 atom stereocenters. The van der Waals surface area contributed by atoms with E-state index < -0.39 is 131 Å². The number of carbonyl (C=O) groups excluding carboxylic acids is 8. The molecule has 4 rings (SSSR count). The Morgan fingerprint density at radius 2 is 0.524 bits per heavy atom. The molecular weight excluding hydrogens is 1150 g/mol. The van der Waals surface area contributed by atoms with Crippen molar-refractivity contribution in [2.45, 2.75) is 63.4 Å². The first-order valence-electron chi connectivity index (χ1n) is 25.9. The van der Waals surface area contributed by atoms with E-state index in [1.165, 1.54) is 94.1 Å². The highest BCUT2D eigenvalue weighted by Crippen LogP contribution is 2.38. The van der Waals surface area contributed by atoms with Crippen LogP contribution in [0.25, 0.3) is 0 Å². The second-order valence-electron chi connectivity index (χ2n) is 18.8. The van der Waals surface area contributed by atoms with Crippen molar-refractivity contribution in [1.29, 1.82) is 0 Å². The first-order valence-corrected chi connectivity index (χ1v) is 33.9. The van der Waals surface area contributed by atoms with E-state index in [0.29, 0.717) is 0 Å². The van der Waals surface area contributed by atoms with E-state index in [1.807, 2.05) is 0 Å². The minimum Gasteiger partial charge on any atom is -0.432 e. The first-order chi connectivity index (χ1) is 40.2. The summed E-state index contributed by atoms with van der Waals surface area (Å²) >= 11 is 0. The van der Waals surface area contributed by atoms with Gasteiger partial charge in [0.25, 0.3) is 0 Å². The Balaban J connectivity index is 1.96. The van der Waals surface area contributed by atoms with Crippen molar-refractivity contribution in [2.24, 2.45) is 11.8 Å². The molecule has 0 aliphatic rings. The minimum absolute atomic E-state index is 0.00696. The Kier molecular flexibility index (Phi) is 27.3. The van der Waals surface area contributed by atoms with Gasteiger partial charge in [0.15, 0.2) is 0 Å². The van der Waals surface area contributed by atoms with Gasteiger partial charge in [-0.15, -0.1) is 52.6 Å². The average molecular weight is 1220 g/mol. The lowest BCUT2D eigenvalue weighted by atomic mass is 9.87. The van der Waals surface area contributed by atoms with Crippen molar-refractivity contribution in [3.8, 4) is 0 Å². The molecule has 0 amide bonds. The van der Waals surface area contributed by atoms with Gasteiger partial charge in [0.1, 0.15) is 46.6 Å². The molecule has 6 unspecified atom stereocenters. The molecule has 0 radical (unpaired) electrons. The summed E-state index contributed by atoms with van der Waals surface area (Å²) in [6.07, 6.45) is -7.10. The Morgan fingerprint density at radius 1 is 0.321 bits per heavy atom. The molecule has 0 aliphatic heterocycles. The van der Waals surface area contributed by atoms with Gasteiger partial charge in [-0.05, 0) is 89.1 Å². The maximum absolute atomic E-state index is 14.1. The van der Waals surface area contributed by atoms with E-state index in [1.54, 1.807) is 76.2 Å². The van der Waals surface area contributed by atoms with Gasteiger partial charge in [0.2, 0.25) is 0 Å². The van der Waals surface area contributed by atoms with Crippen LogP contribution in [0.1, 0.15) is 76.5 Å². The molecule has 0 heterocycles. The zero-order valence-corrected chi connectivity index (χ0v) is 51.5. The summed E-state index contributed by atoms with van der Waals surface area (Å²) in [6.45, 7) is 39.0. The fraction of sp³-hybridized carbons (Fsp3) is 0.200. The third kappa shape index (κ3) is 20.6. The molecule has 4 aromatic rings. The highest BCUT2D eigenvalue weighted by molar-refractivity contribution is 6.72. The third-order valence-corrected chi connectivity index (χ3v) is 22.7. The first kappa shape index (κ1) is 67.1. The van der Waals surface area contributed by atoms with Crippen LogP contribution < -0.4 is 0 Å². The standard InChI is InChI=1S/C60H66O20Si4/c1-13-81(14-2)49(69-57(65)77-73-51(61)43-29-21-39(9)22-30-43)37-47(55(83(17-5)18-6)71-59(67)79-75-53(63)45-33-25-41(11)26-34-45)48(56(84(19-7)20-8)72-60(68)80-76-54(64)46-35-27-42(12)28-36-46)38-50(82(15-3)16-4)70-58(66)78-74-52(62)44-31-23-40(10)24-32-44/h13-36,47-50,55-56,81-84H,1-8,37-38H2,9-12H3. The van der Waals surface area contributed by atoms with Gasteiger partial charge in [-0.1, -0.05) is 116 Å². The third-order valence-electron chi connectivity index (χ3n) is 13.0. The molecule has 20 nitrogen and oxygen atoms in total. The zero-order valence-electron chi connectivity index (χ0n) is 46.9. The predicted octanol–water partition coefficient (Wildman–Crippen LogP) is 10.3. The van der Waals surface area contributed by atoms with Crippen LogP contribution in [-0.2, 0) is 58.0 Å². The summed E-state index contributed by atoms with van der Waals surface area (Å²) in [5.74, 6) is -7.03. The maximum atomic E-state index is 14.1. The normalized spacial score (nSPS) is 12.8. The van der Waals surface area contributed by atoms with Crippen molar-refractivity contribution in [2.75, 3.05) is 0 Å². The Hall–Kier alpha value is -9.37. The quantitative estimate of drug-likeness (QED) is 0.0177. The van der Waals surface area contributed by atoms with Crippen LogP contribution in [-0.4, -0.2) is 107 Å². The molecule has 4 aromatic carbocycles. The Bertz CT molecular complexity index is 2780. The van der Waals surface area contributed by atoms with E-state index in [0.717, 1.165) is 22.3 Å². The van der Waals surface area contributed by atoms with Crippen LogP contribution in [0.3, 0.4) is 0 Å². The lowest BCUT2D eigenvalue weighted by molar-refractivity contribution is -0.212. The summed E-state index contributed by atoms with van der Waals surface area (Å²) in [6, 6.07) is 24.5. The highest BCUT2D eigenvalue weighted by Gasteiger charge is 2.48. The van der Waals surface area contributed by atoms with Gasteiger partial charge in [0, 0.05) is 11.8 Å². The monoisotopic (exact) mass is 1220 g/mol. The van der Waals surface area contributed by atoms with Gasteiger partial charge < -0.3 is 18.9 Å². The minimum atomic E-state index is -3.07. The highest BCUT2D eigenvalue weighted by atomic mass is 28.3. The number of benzene rings is 4. The summed E-state index contributed by atoms with van der Waals surface area (Å²) in [7, 11) is -11.9. The van der Waals surface area contributed by atoms with Crippen LogP contribution in [0, 0.1) is 39.5 Å². The van der Waals surface area contributed by atoms with Gasteiger partial charge in [-0.3, -0.25) is 0 Å². The van der Waals surface area contributed by atoms with Crippen LogP contribution >= 0.6 is 0 Å². The summed E-state index contributed by atoms with van der Waals surface area (Å²) in [5, 5.41) is 0. The lowest BCUT2D eigenvalue weighted by Gasteiger charge is -2.42. The van der Waals surface area contributed by atoms with Crippen molar-refractivity contribution >= 4 is 83.7 Å². The van der Waals surface area contributed by atoms with Crippen molar-refractivity contribution in [3.05, 3.63) is 240 Å². The van der Waals surface area contributed by atoms with Gasteiger partial charge in [0.05, 0.1) is 33.7 Å². The number of carbonyl (C=O) groups is 8. The number of hydrogen-bond acceptors (Lipinski definition) is 20. The van der Waals surface area contributed by atoms with Crippen LogP contribution in [0.5, 0.6) is 0 Å². The molecule has 24 heteroatoms. The summed E-state index contributed by atoms with van der Waals surface area (Å²) in [4.78, 5) is 148. The van der Waals surface area contributed by atoms with Crippen LogP contribution in [0.15, 0.2) is 195 Å². The topological polar surface area (TPSA) is 247 Å². The Morgan fingerprint density at radius 3 is 0.726 bits per heavy atom. The zero-order chi connectivity index (χ0) is 61.9. The molecule has 0 N–H and O–H groups in total. The average Bonchev–Trinajstić information content (AvgIpc) is 2.67.